The first kappa shape index (κ1) is 13.0. The number of nitrogens with two attached hydrogens (primary N) is 1. The van der Waals surface area contributed by atoms with E-state index < -0.39 is 11.6 Å². The summed E-state index contributed by atoms with van der Waals surface area (Å²) in [5.41, 5.74) is 7.16. The molecule has 1 amide bonds. The fourth-order valence-electron chi connectivity index (χ4n) is 1.60. The summed E-state index contributed by atoms with van der Waals surface area (Å²) in [4.78, 5) is 11.7. The lowest BCUT2D eigenvalue weighted by Crippen LogP contribution is -2.14. The van der Waals surface area contributed by atoms with Gasteiger partial charge in [0.25, 0.3) is 0 Å². The molecule has 2 rings (SSSR count). The molecule has 2 aromatic rings. The molecule has 0 aromatic heterocycles. The van der Waals surface area contributed by atoms with Gasteiger partial charge in [0.05, 0.1) is 6.42 Å². The number of hydrogen-bond acceptors (Lipinski definition) is 2. The quantitative estimate of drug-likeness (QED) is 0.836. The van der Waals surface area contributed by atoms with Crippen LogP contribution in [0.5, 0.6) is 0 Å². The van der Waals surface area contributed by atoms with Crippen LogP contribution in [0.25, 0.3) is 0 Å². The normalized spacial score (nSPS) is 10.2. The number of nitrogen functional groups attached to an aromatic ring is 1. The molecule has 0 aliphatic rings. The Morgan fingerprint density at radius 2 is 1.74 bits per heavy atom. The van der Waals surface area contributed by atoms with Crippen molar-refractivity contribution in [1.29, 1.82) is 0 Å². The highest BCUT2D eigenvalue weighted by Crippen LogP contribution is 2.14. The van der Waals surface area contributed by atoms with Gasteiger partial charge < -0.3 is 11.1 Å². The minimum Gasteiger partial charge on any atom is -0.399 e. The van der Waals surface area contributed by atoms with Gasteiger partial charge in [-0.05, 0) is 29.8 Å². The standard InChI is InChI=1S/C14H12F2N2O/c15-12-6-5-11(8-13(12)16)18-14(19)7-9-1-3-10(17)4-2-9/h1-6,8H,7,17H2,(H,18,19). The number of carbonyl (C=O) groups is 1. The van der Waals surface area contributed by atoms with Gasteiger partial charge in [0.1, 0.15) is 0 Å². The van der Waals surface area contributed by atoms with Gasteiger partial charge in [0, 0.05) is 17.4 Å². The SMILES string of the molecule is Nc1ccc(CC(=O)Nc2ccc(F)c(F)c2)cc1. The van der Waals surface area contributed by atoms with Crippen LogP contribution in [-0.2, 0) is 11.2 Å². The highest BCUT2D eigenvalue weighted by Gasteiger charge is 2.07. The van der Waals surface area contributed by atoms with E-state index >= 15 is 0 Å². The molecule has 0 radical (unpaired) electrons. The second kappa shape index (κ2) is 5.48. The maximum absolute atomic E-state index is 13.0. The van der Waals surface area contributed by atoms with Crippen molar-refractivity contribution in [3.8, 4) is 0 Å². The molecular formula is C14H12F2N2O. The van der Waals surface area contributed by atoms with Gasteiger partial charge in [-0.25, -0.2) is 8.78 Å². The Morgan fingerprint density at radius 1 is 1.05 bits per heavy atom. The minimum absolute atomic E-state index is 0.138. The highest BCUT2D eigenvalue weighted by atomic mass is 19.2. The highest BCUT2D eigenvalue weighted by molar-refractivity contribution is 5.92. The molecule has 0 spiro atoms. The van der Waals surface area contributed by atoms with E-state index in [1.54, 1.807) is 24.3 Å². The molecule has 3 N–H and O–H groups in total. The average molecular weight is 262 g/mol. The molecule has 0 unspecified atom stereocenters. The summed E-state index contributed by atoms with van der Waals surface area (Å²) in [5.74, 6) is -2.25. The Kier molecular flexibility index (Phi) is 3.75. The maximum Gasteiger partial charge on any atom is 0.228 e. The van der Waals surface area contributed by atoms with Crippen LogP contribution in [0.3, 0.4) is 0 Å². The molecule has 0 aliphatic carbocycles. The lowest BCUT2D eigenvalue weighted by Gasteiger charge is -2.06. The zero-order chi connectivity index (χ0) is 13.8. The third-order valence-electron chi connectivity index (χ3n) is 2.55. The van der Waals surface area contributed by atoms with Gasteiger partial charge in [0.15, 0.2) is 11.6 Å². The molecule has 19 heavy (non-hydrogen) atoms. The predicted octanol–water partition coefficient (Wildman–Crippen LogP) is 2.73. The van der Waals surface area contributed by atoms with Gasteiger partial charge in [-0.15, -0.1) is 0 Å². The number of halogens is 2. The van der Waals surface area contributed by atoms with Gasteiger partial charge in [-0.2, -0.15) is 0 Å². The first-order valence-electron chi connectivity index (χ1n) is 5.64. The van der Waals surface area contributed by atoms with Crippen LogP contribution < -0.4 is 11.1 Å². The van der Waals surface area contributed by atoms with Crippen molar-refractivity contribution in [1.82, 2.24) is 0 Å². The zero-order valence-electron chi connectivity index (χ0n) is 9.99. The lowest BCUT2D eigenvalue weighted by atomic mass is 10.1. The van der Waals surface area contributed by atoms with Crippen molar-refractivity contribution in [3.63, 3.8) is 0 Å². The Hall–Kier alpha value is -2.43. The fourth-order valence-corrected chi connectivity index (χ4v) is 1.60. The second-order valence-electron chi connectivity index (χ2n) is 4.10. The summed E-state index contributed by atoms with van der Waals surface area (Å²) < 4.78 is 25.7. The second-order valence-corrected chi connectivity index (χ2v) is 4.10. The van der Waals surface area contributed by atoms with Gasteiger partial charge in [-0.1, -0.05) is 12.1 Å². The van der Waals surface area contributed by atoms with Crippen molar-refractivity contribution in [2.75, 3.05) is 11.1 Å². The fraction of sp³-hybridized carbons (Fsp3) is 0.0714. The average Bonchev–Trinajstić information content (AvgIpc) is 2.37. The van der Waals surface area contributed by atoms with Gasteiger partial charge in [-0.3, -0.25) is 4.79 Å². The third-order valence-corrected chi connectivity index (χ3v) is 2.55. The molecular weight excluding hydrogens is 250 g/mol. The Bertz CT molecular complexity index is 597. The van der Waals surface area contributed by atoms with Gasteiger partial charge >= 0.3 is 0 Å². The van der Waals surface area contributed by atoms with E-state index in [-0.39, 0.29) is 18.0 Å². The maximum atomic E-state index is 13.0. The number of rotatable bonds is 3. The van der Waals surface area contributed by atoms with Crippen LogP contribution in [0.4, 0.5) is 20.2 Å². The molecule has 5 heteroatoms. The van der Waals surface area contributed by atoms with Crippen LogP contribution in [-0.4, -0.2) is 5.91 Å². The molecule has 0 atom stereocenters. The van der Waals surface area contributed by atoms with Crippen LogP contribution in [0, 0.1) is 11.6 Å². The monoisotopic (exact) mass is 262 g/mol. The smallest absolute Gasteiger partial charge is 0.228 e. The number of benzene rings is 2. The van der Waals surface area contributed by atoms with Gasteiger partial charge in [0.2, 0.25) is 5.91 Å². The summed E-state index contributed by atoms with van der Waals surface area (Å²) in [7, 11) is 0. The van der Waals surface area contributed by atoms with Crippen molar-refractivity contribution in [2.24, 2.45) is 0 Å². The summed E-state index contributed by atoms with van der Waals surface area (Å²) in [5, 5.41) is 2.50. The number of nitrogens with one attached hydrogen (secondary N) is 1. The molecule has 0 bridgehead atoms. The van der Waals surface area contributed by atoms with Crippen LogP contribution >= 0.6 is 0 Å². The summed E-state index contributed by atoms with van der Waals surface area (Å²) in [6, 6.07) is 10.1. The largest absolute Gasteiger partial charge is 0.399 e. The lowest BCUT2D eigenvalue weighted by molar-refractivity contribution is -0.115. The van der Waals surface area contributed by atoms with Crippen molar-refractivity contribution in [2.45, 2.75) is 6.42 Å². The zero-order valence-corrected chi connectivity index (χ0v) is 9.99. The number of amides is 1. The summed E-state index contributed by atoms with van der Waals surface area (Å²) in [6.45, 7) is 0. The van der Waals surface area contributed by atoms with E-state index in [9.17, 15) is 13.6 Å². The first-order chi connectivity index (χ1) is 9.04. The number of hydrogen-bond donors (Lipinski definition) is 2. The summed E-state index contributed by atoms with van der Waals surface area (Å²) in [6.07, 6.45) is 0.138. The topological polar surface area (TPSA) is 55.1 Å². The van der Waals surface area contributed by atoms with Crippen LogP contribution in [0.2, 0.25) is 0 Å². The minimum atomic E-state index is -0.995. The molecule has 0 aliphatic heterocycles. The van der Waals surface area contributed by atoms with E-state index in [0.717, 1.165) is 17.7 Å². The molecule has 0 saturated carbocycles. The number of anilines is 2. The Morgan fingerprint density at radius 3 is 2.37 bits per heavy atom. The first-order valence-corrected chi connectivity index (χ1v) is 5.64. The number of carbonyl (C=O) groups excluding carboxylic acids is 1. The molecule has 0 saturated heterocycles. The van der Waals surface area contributed by atoms with Crippen molar-refractivity contribution >= 4 is 17.3 Å². The molecule has 0 heterocycles. The van der Waals surface area contributed by atoms with E-state index in [1.165, 1.54) is 6.07 Å². The van der Waals surface area contributed by atoms with Crippen LogP contribution in [0.15, 0.2) is 42.5 Å². The van der Waals surface area contributed by atoms with Crippen molar-refractivity contribution in [3.05, 3.63) is 59.7 Å². The molecule has 98 valence electrons. The molecule has 3 nitrogen and oxygen atoms in total. The van der Waals surface area contributed by atoms with Crippen molar-refractivity contribution < 1.29 is 13.6 Å². The van der Waals surface area contributed by atoms with E-state index in [4.69, 9.17) is 5.73 Å². The van der Waals surface area contributed by atoms with E-state index in [0.29, 0.717) is 5.69 Å². The van der Waals surface area contributed by atoms with E-state index in [2.05, 4.69) is 5.32 Å². The predicted molar refractivity (Wildman–Crippen MR) is 69.5 cm³/mol. The molecule has 0 fully saturated rings. The Balaban J connectivity index is 2.01. The van der Waals surface area contributed by atoms with Crippen LogP contribution in [0.1, 0.15) is 5.56 Å². The molecule has 2 aromatic carbocycles. The Labute approximate surface area is 109 Å². The summed E-state index contributed by atoms with van der Waals surface area (Å²) >= 11 is 0. The third kappa shape index (κ3) is 3.51. The van der Waals surface area contributed by atoms with E-state index in [1.807, 2.05) is 0 Å².